The van der Waals surface area contributed by atoms with Gasteiger partial charge in [0.25, 0.3) is 0 Å². The fourth-order valence-corrected chi connectivity index (χ4v) is 2.16. The zero-order chi connectivity index (χ0) is 14.8. The SMILES string of the molecule is CCCCNC(CC)C(O)c1ccc(OCCC)cc1. The van der Waals surface area contributed by atoms with Crippen LogP contribution in [0.3, 0.4) is 0 Å². The molecular formula is C17H29NO2. The molecule has 0 saturated heterocycles. The van der Waals surface area contributed by atoms with Crippen LogP contribution >= 0.6 is 0 Å². The number of nitrogens with one attached hydrogen (secondary N) is 1. The monoisotopic (exact) mass is 279 g/mol. The minimum atomic E-state index is -0.461. The molecule has 0 amide bonds. The number of rotatable bonds is 10. The molecule has 20 heavy (non-hydrogen) atoms. The van der Waals surface area contributed by atoms with Crippen molar-refractivity contribution in [3.63, 3.8) is 0 Å². The molecule has 114 valence electrons. The molecule has 0 aliphatic carbocycles. The van der Waals surface area contributed by atoms with Gasteiger partial charge >= 0.3 is 0 Å². The Hall–Kier alpha value is -1.06. The Morgan fingerprint density at radius 3 is 2.35 bits per heavy atom. The average Bonchev–Trinajstić information content (AvgIpc) is 2.49. The maximum atomic E-state index is 10.4. The van der Waals surface area contributed by atoms with Gasteiger partial charge in [0.1, 0.15) is 5.75 Å². The lowest BCUT2D eigenvalue weighted by atomic mass is 10.00. The average molecular weight is 279 g/mol. The predicted molar refractivity (Wildman–Crippen MR) is 84.2 cm³/mol. The maximum Gasteiger partial charge on any atom is 0.119 e. The number of ether oxygens (including phenoxy) is 1. The van der Waals surface area contributed by atoms with E-state index in [9.17, 15) is 5.11 Å². The number of unbranched alkanes of at least 4 members (excludes halogenated alkanes) is 1. The van der Waals surface area contributed by atoms with Gasteiger partial charge < -0.3 is 15.2 Å². The zero-order valence-corrected chi connectivity index (χ0v) is 13.1. The van der Waals surface area contributed by atoms with Crippen LogP contribution in [0, 0.1) is 0 Å². The van der Waals surface area contributed by atoms with Gasteiger partial charge in [-0.05, 0) is 43.5 Å². The first kappa shape index (κ1) is 17.0. The van der Waals surface area contributed by atoms with Gasteiger partial charge in [0.2, 0.25) is 0 Å². The summed E-state index contributed by atoms with van der Waals surface area (Å²) in [6.45, 7) is 8.06. The Morgan fingerprint density at radius 1 is 1.10 bits per heavy atom. The highest BCUT2D eigenvalue weighted by Gasteiger charge is 2.18. The fraction of sp³-hybridized carbons (Fsp3) is 0.647. The number of aliphatic hydroxyl groups is 1. The molecule has 1 rings (SSSR count). The Morgan fingerprint density at radius 2 is 1.80 bits per heavy atom. The number of benzene rings is 1. The Balaban J connectivity index is 2.57. The predicted octanol–water partition coefficient (Wildman–Crippen LogP) is 3.68. The Labute approximate surface area is 123 Å². The summed E-state index contributed by atoms with van der Waals surface area (Å²) in [4.78, 5) is 0. The second-order valence-corrected chi connectivity index (χ2v) is 5.18. The fourth-order valence-electron chi connectivity index (χ4n) is 2.16. The van der Waals surface area contributed by atoms with E-state index in [2.05, 4.69) is 26.1 Å². The third-order valence-electron chi connectivity index (χ3n) is 3.45. The molecule has 3 nitrogen and oxygen atoms in total. The van der Waals surface area contributed by atoms with E-state index in [1.54, 1.807) is 0 Å². The van der Waals surface area contributed by atoms with Gasteiger partial charge in [0.05, 0.1) is 12.7 Å². The van der Waals surface area contributed by atoms with E-state index in [1.807, 2.05) is 24.3 Å². The molecule has 0 fully saturated rings. The molecular weight excluding hydrogens is 250 g/mol. The van der Waals surface area contributed by atoms with Gasteiger partial charge in [0, 0.05) is 6.04 Å². The van der Waals surface area contributed by atoms with E-state index >= 15 is 0 Å². The van der Waals surface area contributed by atoms with Crippen LogP contribution in [0.2, 0.25) is 0 Å². The van der Waals surface area contributed by atoms with Crippen molar-refractivity contribution in [3.05, 3.63) is 29.8 Å². The highest BCUT2D eigenvalue weighted by atomic mass is 16.5. The quantitative estimate of drug-likeness (QED) is 0.642. The topological polar surface area (TPSA) is 41.5 Å². The summed E-state index contributed by atoms with van der Waals surface area (Å²) < 4.78 is 5.56. The summed E-state index contributed by atoms with van der Waals surface area (Å²) in [5.74, 6) is 0.870. The second-order valence-electron chi connectivity index (χ2n) is 5.18. The van der Waals surface area contributed by atoms with Gasteiger partial charge in [-0.1, -0.05) is 39.3 Å². The van der Waals surface area contributed by atoms with E-state index < -0.39 is 6.10 Å². The van der Waals surface area contributed by atoms with Crippen LogP contribution in [0.15, 0.2) is 24.3 Å². The van der Waals surface area contributed by atoms with E-state index in [0.29, 0.717) is 0 Å². The molecule has 0 spiro atoms. The van der Waals surface area contributed by atoms with E-state index in [4.69, 9.17) is 4.74 Å². The number of hydrogen-bond donors (Lipinski definition) is 2. The Kier molecular flexibility index (Phi) is 8.31. The molecule has 0 aliphatic rings. The van der Waals surface area contributed by atoms with Crippen molar-refractivity contribution in [2.24, 2.45) is 0 Å². The summed E-state index contributed by atoms with van der Waals surface area (Å²) in [7, 11) is 0. The third kappa shape index (κ3) is 5.51. The smallest absolute Gasteiger partial charge is 0.119 e. The van der Waals surface area contributed by atoms with Crippen LogP contribution in [0.4, 0.5) is 0 Å². The highest BCUT2D eigenvalue weighted by Crippen LogP contribution is 2.22. The van der Waals surface area contributed by atoms with E-state index in [1.165, 1.54) is 6.42 Å². The first-order chi connectivity index (χ1) is 9.72. The molecule has 0 bridgehead atoms. The van der Waals surface area contributed by atoms with Crippen LogP contribution in [0.25, 0.3) is 0 Å². The largest absolute Gasteiger partial charge is 0.494 e. The first-order valence-electron chi connectivity index (χ1n) is 7.87. The number of hydrogen-bond acceptors (Lipinski definition) is 3. The third-order valence-corrected chi connectivity index (χ3v) is 3.45. The minimum Gasteiger partial charge on any atom is -0.494 e. The molecule has 0 aromatic heterocycles. The molecule has 0 radical (unpaired) electrons. The highest BCUT2D eigenvalue weighted by molar-refractivity contribution is 5.29. The second kappa shape index (κ2) is 9.78. The van der Waals surface area contributed by atoms with Gasteiger partial charge in [-0.25, -0.2) is 0 Å². The van der Waals surface area contributed by atoms with Gasteiger partial charge in [-0.15, -0.1) is 0 Å². The van der Waals surface area contributed by atoms with Crippen molar-refractivity contribution in [2.45, 2.75) is 58.6 Å². The maximum absolute atomic E-state index is 10.4. The summed E-state index contributed by atoms with van der Waals surface area (Å²) in [6, 6.07) is 7.91. The Bertz CT molecular complexity index is 351. The van der Waals surface area contributed by atoms with Crippen molar-refractivity contribution in [1.29, 1.82) is 0 Å². The van der Waals surface area contributed by atoms with E-state index in [0.717, 1.165) is 43.7 Å². The molecule has 3 heteroatoms. The van der Waals surface area contributed by atoms with Crippen LogP contribution in [-0.2, 0) is 0 Å². The lowest BCUT2D eigenvalue weighted by molar-refractivity contribution is 0.126. The summed E-state index contributed by atoms with van der Waals surface area (Å²) >= 11 is 0. The van der Waals surface area contributed by atoms with Crippen molar-refractivity contribution in [3.8, 4) is 5.75 Å². The lowest BCUT2D eigenvalue weighted by Crippen LogP contribution is -2.35. The molecule has 2 N–H and O–H groups in total. The van der Waals surface area contributed by atoms with Crippen molar-refractivity contribution in [2.75, 3.05) is 13.2 Å². The normalized spacial score (nSPS) is 14.0. The summed E-state index contributed by atoms with van der Waals surface area (Å²) in [5, 5.41) is 13.9. The van der Waals surface area contributed by atoms with Crippen molar-refractivity contribution in [1.82, 2.24) is 5.32 Å². The van der Waals surface area contributed by atoms with Gasteiger partial charge in [0.15, 0.2) is 0 Å². The molecule has 1 aromatic carbocycles. The molecule has 1 aromatic rings. The molecule has 2 atom stereocenters. The summed E-state index contributed by atoms with van der Waals surface area (Å²) in [6.07, 6.45) is 3.77. The van der Waals surface area contributed by atoms with Gasteiger partial charge in [-0.2, -0.15) is 0 Å². The van der Waals surface area contributed by atoms with Crippen LogP contribution in [0.5, 0.6) is 5.75 Å². The molecule has 0 heterocycles. The van der Waals surface area contributed by atoms with Crippen LogP contribution in [-0.4, -0.2) is 24.3 Å². The zero-order valence-electron chi connectivity index (χ0n) is 13.1. The summed E-state index contributed by atoms with van der Waals surface area (Å²) in [5.41, 5.74) is 0.949. The van der Waals surface area contributed by atoms with E-state index in [-0.39, 0.29) is 6.04 Å². The number of aliphatic hydroxyl groups excluding tert-OH is 1. The van der Waals surface area contributed by atoms with Crippen molar-refractivity contribution >= 4 is 0 Å². The molecule has 0 aliphatic heterocycles. The molecule has 2 unspecified atom stereocenters. The van der Waals surface area contributed by atoms with Crippen LogP contribution in [0.1, 0.15) is 58.1 Å². The lowest BCUT2D eigenvalue weighted by Gasteiger charge is -2.23. The van der Waals surface area contributed by atoms with Crippen molar-refractivity contribution < 1.29 is 9.84 Å². The standard InChI is InChI=1S/C17H29NO2/c1-4-7-12-18-16(6-3)17(19)14-8-10-15(11-9-14)20-13-5-2/h8-11,16-19H,4-7,12-13H2,1-3H3. The van der Waals surface area contributed by atoms with Crippen LogP contribution < -0.4 is 10.1 Å². The first-order valence-corrected chi connectivity index (χ1v) is 7.87. The minimum absolute atomic E-state index is 0.115. The van der Waals surface area contributed by atoms with Gasteiger partial charge in [-0.3, -0.25) is 0 Å². The molecule has 0 saturated carbocycles.